The summed E-state index contributed by atoms with van der Waals surface area (Å²) < 4.78 is 5.39. The van der Waals surface area contributed by atoms with Crippen molar-refractivity contribution in [2.75, 3.05) is 0 Å². The average Bonchev–Trinajstić information content (AvgIpc) is 2.91. The summed E-state index contributed by atoms with van der Waals surface area (Å²) in [4.78, 5) is 39.4. The molecule has 1 unspecified atom stereocenters. The van der Waals surface area contributed by atoms with E-state index in [1.807, 2.05) is 19.1 Å². The van der Waals surface area contributed by atoms with Gasteiger partial charge in [0.05, 0.1) is 6.54 Å². The number of rotatable bonds is 4. The molecule has 0 radical (unpaired) electrons. The van der Waals surface area contributed by atoms with Crippen molar-refractivity contribution in [1.82, 2.24) is 10.2 Å². The summed E-state index contributed by atoms with van der Waals surface area (Å²) in [5.41, 5.74) is 2.05. The maximum atomic E-state index is 13.3. The standard InChI is InChI=1S/C24H23ClN2O4/c1-13(2)18-11-19-15(10-21(28)31-20(19)9-14(18)3)12-27-22(29)24(4,26-23(27)30)16-5-7-17(25)8-6-16/h5-11,13H,12H2,1-4H3,(H,26,30). The molecule has 0 spiro atoms. The third-order valence-corrected chi connectivity index (χ3v) is 6.12. The topological polar surface area (TPSA) is 79.6 Å². The molecule has 6 nitrogen and oxygen atoms in total. The van der Waals surface area contributed by atoms with E-state index in [0.29, 0.717) is 21.7 Å². The van der Waals surface area contributed by atoms with Crippen LogP contribution >= 0.6 is 11.6 Å². The van der Waals surface area contributed by atoms with Crippen molar-refractivity contribution in [3.8, 4) is 0 Å². The number of hydrogen-bond donors (Lipinski definition) is 1. The first-order valence-corrected chi connectivity index (χ1v) is 10.5. The Morgan fingerprint density at radius 1 is 1.10 bits per heavy atom. The maximum Gasteiger partial charge on any atom is 0.336 e. The Kier molecular flexibility index (Phi) is 5.13. The van der Waals surface area contributed by atoms with Crippen molar-refractivity contribution >= 4 is 34.5 Å². The molecule has 4 rings (SSSR count). The quantitative estimate of drug-likeness (QED) is 0.466. The normalized spacial score (nSPS) is 18.8. The molecular formula is C24H23ClN2O4. The SMILES string of the molecule is Cc1cc2oc(=O)cc(CN3C(=O)NC(C)(c4ccc(Cl)cc4)C3=O)c2cc1C(C)C. The fourth-order valence-corrected chi connectivity index (χ4v) is 4.26. The highest BCUT2D eigenvalue weighted by atomic mass is 35.5. The van der Waals surface area contributed by atoms with E-state index in [2.05, 4.69) is 19.2 Å². The molecule has 1 atom stereocenters. The van der Waals surface area contributed by atoms with Crippen molar-refractivity contribution in [3.63, 3.8) is 0 Å². The Hall–Kier alpha value is -3.12. The fraction of sp³-hybridized carbons (Fsp3) is 0.292. The van der Waals surface area contributed by atoms with Crippen LogP contribution in [0.15, 0.2) is 51.7 Å². The number of nitrogens with one attached hydrogen (secondary N) is 1. The largest absolute Gasteiger partial charge is 0.423 e. The van der Waals surface area contributed by atoms with Crippen LogP contribution in [0, 0.1) is 6.92 Å². The van der Waals surface area contributed by atoms with Gasteiger partial charge in [0, 0.05) is 16.5 Å². The average molecular weight is 439 g/mol. The monoisotopic (exact) mass is 438 g/mol. The molecule has 7 heteroatoms. The highest BCUT2D eigenvalue weighted by Gasteiger charge is 2.49. The Morgan fingerprint density at radius 2 is 1.77 bits per heavy atom. The summed E-state index contributed by atoms with van der Waals surface area (Å²) in [6, 6.07) is 11.4. The highest BCUT2D eigenvalue weighted by molar-refractivity contribution is 6.30. The minimum absolute atomic E-state index is 0.0312. The van der Waals surface area contributed by atoms with Crippen molar-refractivity contribution in [2.45, 2.75) is 45.7 Å². The molecule has 1 N–H and O–H groups in total. The summed E-state index contributed by atoms with van der Waals surface area (Å²) in [7, 11) is 0. The maximum absolute atomic E-state index is 13.3. The Labute approximate surface area is 184 Å². The van der Waals surface area contributed by atoms with Gasteiger partial charge < -0.3 is 9.73 Å². The van der Waals surface area contributed by atoms with Crippen molar-refractivity contribution in [3.05, 3.63) is 80.2 Å². The third kappa shape index (κ3) is 3.61. The van der Waals surface area contributed by atoms with Gasteiger partial charge in [0.25, 0.3) is 5.91 Å². The summed E-state index contributed by atoms with van der Waals surface area (Å²) in [6.45, 7) is 7.77. The van der Waals surface area contributed by atoms with Crippen LogP contribution in [0.3, 0.4) is 0 Å². The first-order chi connectivity index (χ1) is 14.6. The first-order valence-electron chi connectivity index (χ1n) is 10.1. The molecule has 1 aliphatic heterocycles. The molecule has 1 aliphatic rings. The van der Waals surface area contributed by atoms with Crippen LogP contribution in [0.25, 0.3) is 11.0 Å². The number of carbonyl (C=O) groups is 2. The summed E-state index contributed by atoms with van der Waals surface area (Å²) in [6.07, 6.45) is 0. The lowest BCUT2D eigenvalue weighted by molar-refractivity contribution is -0.131. The van der Waals surface area contributed by atoms with Gasteiger partial charge in [0.1, 0.15) is 11.1 Å². The molecule has 2 aromatic carbocycles. The van der Waals surface area contributed by atoms with Gasteiger partial charge >= 0.3 is 11.7 Å². The van der Waals surface area contributed by atoms with Crippen molar-refractivity contribution < 1.29 is 14.0 Å². The smallest absolute Gasteiger partial charge is 0.336 e. The van der Waals surface area contributed by atoms with Crippen LogP contribution in [-0.2, 0) is 16.9 Å². The van der Waals surface area contributed by atoms with Gasteiger partial charge in [-0.15, -0.1) is 0 Å². The van der Waals surface area contributed by atoms with Gasteiger partial charge in [-0.2, -0.15) is 0 Å². The molecule has 3 aromatic rings. The number of hydrogen-bond acceptors (Lipinski definition) is 4. The van der Waals surface area contributed by atoms with Gasteiger partial charge in [-0.3, -0.25) is 9.69 Å². The number of fused-ring (bicyclic) bond motifs is 1. The van der Waals surface area contributed by atoms with Crippen LogP contribution < -0.4 is 10.9 Å². The molecule has 160 valence electrons. The molecule has 0 bridgehead atoms. The lowest BCUT2D eigenvalue weighted by Crippen LogP contribution is -2.40. The van der Waals surface area contributed by atoms with Gasteiger partial charge in [-0.25, -0.2) is 9.59 Å². The number of aryl methyl sites for hydroxylation is 1. The molecule has 1 saturated heterocycles. The highest BCUT2D eigenvalue weighted by Crippen LogP contribution is 2.32. The molecular weight excluding hydrogens is 416 g/mol. The predicted molar refractivity (Wildman–Crippen MR) is 119 cm³/mol. The van der Waals surface area contributed by atoms with Crippen LogP contribution in [0.4, 0.5) is 4.79 Å². The number of carbonyl (C=O) groups excluding carboxylic acids is 2. The molecule has 0 saturated carbocycles. The van der Waals surface area contributed by atoms with Crippen LogP contribution in [-0.4, -0.2) is 16.8 Å². The van der Waals surface area contributed by atoms with Gasteiger partial charge in [0.15, 0.2) is 0 Å². The second-order valence-corrected chi connectivity index (χ2v) is 8.84. The number of amides is 3. The zero-order valence-electron chi connectivity index (χ0n) is 17.8. The van der Waals surface area contributed by atoms with E-state index < -0.39 is 23.1 Å². The molecule has 3 amide bonds. The van der Waals surface area contributed by atoms with E-state index in [9.17, 15) is 14.4 Å². The second-order valence-electron chi connectivity index (χ2n) is 8.40. The molecule has 31 heavy (non-hydrogen) atoms. The Bertz CT molecular complexity index is 1260. The van der Waals surface area contributed by atoms with E-state index in [1.165, 1.54) is 6.07 Å². The van der Waals surface area contributed by atoms with Crippen molar-refractivity contribution in [2.24, 2.45) is 0 Å². The minimum atomic E-state index is -1.21. The Morgan fingerprint density at radius 3 is 2.42 bits per heavy atom. The number of nitrogens with zero attached hydrogens (tertiary/aromatic N) is 1. The molecule has 1 aromatic heterocycles. The molecule has 0 aliphatic carbocycles. The van der Waals surface area contributed by atoms with E-state index in [1.54, 1.807) is 31.2 Å². The van der Waals surface area contributed by atoms with Crippen LogP contribution in [0.2, 0.25) is 5.02 Å². The molecule has 1 fully saturated rings. The summed E-state index contributed by atoms with van der Waals surface area (Å²) in [5.74, 6) is -0.119. The first kappa shape index (κ1) is 21.1. The fourth-order valence-electron chi connectivity index (χ4n) is 4.13. The zero-order valence-corrected chi connectivity index (χ0v) is 18.5. The number of urea groups is 1. The summed E-state index contributed by atoms with van der Waals surface area (Å²) >= 11 is 5.96. The van der Waals surface area contributed by atoms with Gasteiger partial charge in [0.2, 0.25) is 0 Å². The van der Waals surface area contributed by atoms with Crippen LogP contribution in [0.5, 0.6) is 0 Å². The van der Waals surface area contributed by atoms with Gasteiger partial charge in [-0.1, -0.05) is 37.6 Å². The number of halogens is 1. The lowest BCUT2D eigenvalue weighted by atomic mass is 9.92. The second kappa shape index (κ2) is 7.54. The summed E-state index contributed by atoms with van der Waals surface area (Å²) in [5, 5.41) is 4.04. The number of imide groups is 1. The number of benzene rings is 2. The van der Waals surface area contributed by atoms with Gasteiger partial charge in [-0.05, 0) is 66.3 Å². The van der Waals surface area contributed by atoms with E-state index in [4.69, 9.17) is 16.0 Å². The van der Waals surface area contributed by atoms with E-state index >= 15 is 0 Å². The van der Waals surface area contributed by atoms with E-state index in [0.717, 1.165) is 21.4 Å². The third-order valence-electron chi connectivity index (χ3n) is 5.86. The Balaban J connectivity index is 1.76. The zero-order chi connectivity index (χ0) is 22.5. The lowest BCUT2D eigenvalue weighted by Gasteiger charge is -2.22. The predicted octanol–water partition coefficient (Wildman–Crippen LogP) is 4.85. The minimum Gasteiger partial charge on any atom is -0.423 e. The van der Waals surface area contributed by atoms with Crippen molar-refractivity contribution in [1.29, 1.82) is 0 Å². The van der Waals surface area contributed by atoms with E-state index in [-0.39, 0.29) is 12.5 Å². The molecule has 2 heterocycles. The van der Waals surface area contributed by atoms with Crippen LogP contribution in [0.1, 0.15) is 48.9 Å².